The second-order valence-electron chi connectivity index (χ2n) is 5.05. The fourth-order valence-corrected chi connectivity index (χ4v) is 3.05. The third kappa shape index (κ3) is 4.27. The van der Waals surface area contributed by atoms with E-state index < -0.39 is 5.54 Å². The highest BCUT2D eigenvalue weighted by atomic mass is 79.9. The standard InChI is InChI=1S/C16H23BrFNO2/c1-5-19(6-2)16(4,11-15(20)21-7-3)13-9-8-12(17)10-14(13)18/h8-10H,5-7,11H2,1-4H3. The summed E-state index contributed by atoms with van der Waals surface area (Å²) < 4.78 is 20.2. The molecule has 0 amide bonds. The highest BCUT2D eigenvalue weighted by Crippen LogP contribution is 2.35. The first-order valence-electron chi connectivity index (χ1n) is 7.25. The zero-order valence-electron chi connectivity index (χ0n) is 13.1. The predicted molar refractivity (Wildman–Crippen MR) is 85.6 cm³/mol. The van der Waals surface area contributed by atoms with Gasteiger partial charge >= 0.3 is 5.97 Å². The number of esters is 1. The van der Waals surface area contributed by atoms with Crippen molar-refractivity contribution in [1.29, 1.82) is 0 Å². The molecule has 0 bridgehead atoms. The molecule has 0 spiro atoms. The topological polar surface area (TPSA) is 29.5 Å². The van der Waals surface area contributed by atoms with Crippen LogP contribution < -0.4 is 0 Å². The van der Waals surface area contributed by atoms with Crippen LogP contribution in [0, 0.1) is 5.82 Å². The Kier molecular flexibility index (Phi) is 6.81. The van der Waals surface area contributed by atoms with Gasteiger partial charge in [0.05, 0.1) is 18.6 Å². The third-order valence-corrected chi connectivity index (χ3v) is 4.26. The second-order valence-corrected chi connectivity index (χ2v) is 5.97. The maximum atomic E-state index is 14.4. The summed E-state index contributed by atoms with van der Waals surface area (Å²) in [7, 11) is 0. The monoisotopic (exact) mass is 359 g/mol. The maximum Gasteiger partial charge on any atom is 0.308 e. The van der Waals surface area contributed by atoms with Gasteiger partial charge in [-0.25, -0.2) is 4.39 Å². The highest BCUT2D eigenvalue weighted by molar-refractivity contribution is 9.10. The van der Waals surface area contributed by atoms with Crippen molar-refractivity contribution in [1.82, 2.24) is 4.90 Å². The molecular weight excluding hydrogens is 337 g/mol. The van der Waals surface area contributed by atoms with E-state index in [-0.39, 0.29) is 18.2 Å². The second kappa shape index (κ2) is 7.90. The van der Waals surface area contributed by atoms with E-state index in [1.807, 2.05) is 20.8 Å². The molecule has 21 heavy (non-hydrogen) atoms. The summed E-state index contributed by atoms with van der Waals surface area (Å²) in [5.41, 5.74) is -0.206. The summed E-state index contributed by atoms with van der Waals surface area (Å²) >= 11 is 3.26. The van der Waals surface area contributed by atoms with Gasteiger partial charge in [0.25, 0.3) is 0 Å². The lowest BCUT2D eigenvalue weighted by Crippen LogP contribution is -2.46. The number of rotatable bonds is 7. The number of hydrogen-bond donors (Lipinski definition) is 0. The minimum Gasteiger partial charge on any atom is -0.466 e. The number of benzene rings is 1. The van der Waals surface area contributed by atoms with Gasteiger partial charge in [-0.15, -0.1) is 0 Å². The van der Waals surface area contributed by atoms with Gasteiger partial charge in [-0.05, 0) is 39.1 Å². The van der Waals surface area contributed by atoms with Crippen molar-refractivity contribution in [3.8, 4) is 0 Å². The lowest BCUT2D eigenvalue weighted by molar-refractivity contribution is -0.146. The van der Waals surface area contributed by atoms with Crippen LogP contribution in [0.15, 0.2) is 22.7 Å². The number of hydrogen-bond acceptors (Lipinski definition) is 3. The molecule has 1 atom stereocenters. The molecule has 0 aliphatic carbocycles. The molecule has 0 saturated heterocycles. The highest BCUT2D eigenvalue weighted by Gasteiger charge is 2.37. The van der Waals surface area contributed by atoms with Crippen molar-refractivity contribution in [3.63, 3.8) is 0 Å². The van der Waals surface area contributed by atoms with E-state index >= 15 is 0 Å². The Morgan fingerprint density at radius 1 is 1.33 bits per heavy atom. The Bertz CT molecular complexity index is 491. The van der Waals surface area contributed by atoms with Gasteiger partial charge < -0.3 is 4.74 Å². The Hall–Kier alpha value is -0.940. The molecule has 0 N–H and O–H groups in total. The number of carbonyl (C=O) groups is 1. The predicted octanol–water partition coefficient (Wildman–Crippen LogP) is 4.10. The van der Waals surface area contributed by atoms with Crippen LogP contribution in [0.5, 0.6) is 0 Å². The van der Waals surface area contributed by atoms with E-state index in [2.05, 4.69) is 20.8 Å². The molecule has 0 radical (unpaired) electrons. The summed E-state index contributed by atoms with van der Waals surface area (Å²) in [4.78, 5) is 14.0. The normalized spacial score (nSPS) is 14.0. The van der Waals surface area contributed by atoms with E-state index in [4.69, 9.17) is 4.74 Å². The SMILES string of the molecule is CCOC(=O)CC(C)(c1ccc(Br)cc1F)N(CC)CC. The van der Waals surface area contributed by atoms with Gasteiger partial charge in [0.1, 0.15) is 5.82 Å². The van der Waals surface area contributed by atoms with Crippen molar-refractivity contribution < 1.29 is 13.9 Å². The van der Waals surface area contributed by atoms with Crippen molar-refractivity contribution >= 4 is 21.9 Å². The molecular formula is C16H23BrFNO2. The smallest absolute Gasteiger partial charge is 0.308 e. The summed E-state index contributed by atoms with van der Waals surface area (Å²) in [6, 6.07) is 4.96. The Labute approximate surface area is 134 Å². The van der Waals surface area contributed by atoms with Gasteiger partial charge in [0.15, 0.2) is 0 Å². The van der Waals surface area contributed by atoms with E-state index in [9.17, 15) is 9.18 Å². The van der Waals surface area contributed by atoms with Crippen LogP contribution in [0.2, 0.25) is 0 Å². The zero-order chi connectivity index (χ0) is 16.0. The molecule has 3 nitrogen and oxygen atoms in total. The molecule has 0 aliphatic rings. The number of halogens is 2. The van der Waals surface area contributed by atoms with Gasteiger partial charge in [-0.3, -0.25) is 9.69 Å². The molecule has 5 heteroatoms. The van der Waals surface area contributed by atoms with Crippen molar-refractivity contribution in [2.75, 3.05) is 19.7 Å². The van der Waals surface area contributed by atoms with E-state index in [0.29, 0.717) is 16.6 Å². The summed E-state index contributed by atoms with van der Waals surface area (Å²) in [6.45, 7) is 9.45. The summed E-state index contributed by atoms with van der Waals surface area (Å²) in [6.07, 6.45) is 0.126. The molecule has 1 aromatic carbocycles. The number of ether oxygens (including phenoxy) is 1. The minimum atomic E-state index is -0.722. The maximum absolute atomic E-state index is 14.4. The molecule has 0 saturated carbocycles. The summed E-state index contributed by atoms with van der Waals surface area (Å²) in [5, 5.41) is 0. The number of nitrogens with zero attached hydrogens (tertiary/aromatic N) is 1. The Morgan fingerprint density at radius 2 is 1.95 bits per heavy atom. The fraction of sp³-hybridized carbons (Fsp3) is 0.562. The molecule has 0 heterocycles. The Morgan fingerprint density at radius 3 is 2.43 bits per heavy atom. The lowest BCUT2D eigenvalue weighted by atomic mass is 9.86. The molecule has 1 rings (SSSR count). The average molecular weight is 360 g/mol. The Balaban J connectivity index is 3.26. The van der Waals surface area contributed by atoms with Crippen molar-refractivity contribution in [2.45, 2.75) is 39.7 Å². The number of carbonyl (C=O) groups excluding carboxylic acids is 1. The zero-order valence-corrected chi connectivity index (χ0v) is 14.7. The lowest BCUT2D eigenvalue weighted by Gasteiger charge is -2.40. The first kappa shape index (κ1) is 18.1. The van der Waals surface area contributed by atoms with Crippen LogP contribution in [0.25, 0.3) is 0 Å². The third-order valence-electron chi connectivity index (χ3n) is 3.77. The average Bonchev–Trinajstić information content (AvgIpc) is 2.39. The van der Waals surface area contributed by atoms with Crippen LogP contribution in [0.4, 0.5) is 4.39 Å². The molecule has 118 valence electrons. The van der Waals surface area contributed by atoms with Gasteiger partial charge in [0.2, 0.25) is 0 Å². The van der Waals surface area contributed by atoms with Crippen LogP contribution >= 0.6 is 15.9 Å². The summed E-state index contributed by atoms with van der Waals surface area (Å²) in [5.74, 6) is -0.628. The first-order chi connectivity index (χ1) is 9.88. The van der Waals surface area contributed by atoms with E-state index in [1.165, 1.54) is 6.07 Å². The van der Waals surface area contributed by atoms with Crippen LogP contribution in [-0.2, 0) is 15.1 Å². The van der Waals surface area contributed by atoms with Crippen LogP contribution in [-0.4, -0.2) is 30.6 Å². The molecule has 0 aromatic heterocycles. The fourth-order valence-electron chi connectivity index (χ4n) is 2.72. The van der Waals surface area contributed by atoms with E-state index in [1.54, 1.807) is 19.1 Å². The van der Waals surface area contributed by atoms with Crippen LogP contribution in [0.1, 0.15) is 39.7 Å². The quantitative estimate of drug-likeness (QED) is 0.686. The van der Waals surface area contributed by atoms with Crippen molar-refractivity contribution in [3.05, 3.63) is 34.1 Å². The largest absolute Gasteiger partial charge is 0.466 e. The first-order valence-corrected chi connectivity index (χ1v) is 8.04. The van der Waals surface area contributed by atoms with Gasteiger partial charge in [-0.2, -0.15) is 0 Å². The molecule has 1 unspecified atom stereocenters. The van der Waals surface area contributed by atoms with Gasteiger partial charge in [0, 0.05) is 10.0 Å². The van der Waals surface area contributed by atoms with Gasteiger partial charge in [-0.1, -0.05) is 35.8 Å². The molecule has 1 aromatic rings. The molecule has 0 fully saturated rings. The molecule has 0 aliphatic heterocycles. The van der Waals surface area contributed by atoms with Crippen LogP contribution in [0.3, 0.4) is 0 Å². The van der Waals surface area contributed by atoms with Crippen molar-refractivity contribution in [2.24, 2.45) is 0 Å². The minimum absolute atomic E-state index is 0.126. The van der Waals surface area contributed by atoms with E-state index in [0.717, 1.165) is 13.1 Å².